The quantitative estimate of drug-likeness (QED) is 0.524. The van der Waals surface area contributed by atoms with Gasteiger partial charge < -0.3 is 4.74 Å². The third-order valence-corrected chi connectivity index (χ3v) is 1.97. The molecule has 0 fully saturated rings. The number of hydrogen-bond donors (Lipinski definition) is 0. The van der Waals surface area contributed by atoms with Gasteiger partial charge in [0.2, 0.25) is 0 Å². The van der Waals surface area contributed by atoms with Crippen LogP contribution in [0.2, 0.25) is 0 Å². The number of esters is 1. The smallest absolute Gasteiger partial charge is 0.330 e. The first kappa shape index (κ1) is 14.2. The third kappa shape index (κ3) is 8.22. The molecule has 0 aliphatic carbocycles. The highest BCUT2D eigenvalue weighted by molar-refractivity contribution is 5.82. The lowest BCUT2D eigenvalue weighted by Gasteiger charge is -2.20. The summed E-state index contributed by atoms with van der Waals surface area (Å²) in [5.74, 6) is -0.258. The van der Waals surface area contributed by atoms with Crippen molar-refractivity contribution >= 4 is 5.97 Å². The number of hydrogen-bond acceptors (Lipinski definition) is 2. The maximum atomic E-state index is 11.4. The first-order valence-corrected chi connectivity index (χ1v) is 5.58. The predicted molar refractivity (Wildman–Crippen MR) is 63.7 cm³/mol. The van der Waals surface area contributed by atoms with Crippen LogP contribution in [-0.2, 0) is 9.53 Å². The Hall–Kier alpha value is -0.790. The van der Waals surface area contributed by atoms with Crippen LogP contribution in [0.5, 0.6) is 0 Å². The minimum absolute atomic E-state index is 0.0751. The van der Waals surface area contributed by atoms with Crippen LogP contribution >= 0.6 is 0 Å². The van der Waals surface area contributed by atoms with Gasteiger partial charge in [-0.15, -0.1) is 0 Å². The molecule has 0 saturated carbocycles. The van der Waals surface area contributed by atoms with Gasteiger partial charge in [-0.1, -0.05) is 33.3 Å². The molecule has 0 aliphatic rings. The molecule has 0 rings (SSSR count). The van der Waals surface area contributed by atoms with Gasteiger partial charge in [0.15, 0.2) is 0 Å². The lowest BCUT2D eigenvalue weighted by atomic mass is 9.88. The Morgan fingerprint density at radius 1 is 1.20 bits per heavy atom. The molecule has 0 amide bonds. The molecule has 0 saturated heterocycles. The average Bonchev–Trinajstić information content (AvgIpc) is 1.98. The van der Waals surface area contributed by atoms with Gasteiger partial charge in [0.05, 0.1) is 0 Å². The SMILES string of the molecule is CCCC(C)(C)/C=C/C(=O)OC(C)(C)C. The molecule has 88 valence electrons. The molecule has 0 heterocycles. The standard InChI is InChI=1S/C13H24O2/c1-7-9-13(5,6)10-8-11(14)15-12(2,3)4/h8,10H,7,9H2,1-6H3/b10-8+. The van der Waals surface area contributed by atoms with E-state index in [0.717, 1.165) is 12.8 Å². The Morgan fingerprint density at radius 3 is 2.13 bits per heavy atom. The molecule has 0 N–H and O–H groups in total. The summed E-state index contributed by atoms with van der Waals surface area (Å²) in [4.78, 5) is 11.4. The second-order valence-electron chi connectivity index (χ2n) is 5.61. The number of carbonyl (C=O) groups excluding carboxylic acids is 1. The second-order valence-corrected chi connectivity index (χ2v) is 5.61. The van der Waals surface area contributed by atoms with Crippen LogP contribution < -0.4 is 0 Å². The second kappa shape index (κ2) is 5.34. The van der Waals surface area contributed by atoms with Crippen LogP contribution in [-0.4, -0.2) is 11.6 Å². The van der Waals surface area contributed by atoms with E-state index in [0.29, 0.717) is 0 Å². The first-order valence-electron chi connectivity index (χ1n) is 5.58. The molecule has 0 unspecified atom stereocenters. The third-order valence-electron chi connectivity index (χ3n) is 1.97. The van der Waals surface area contributed by atoms with E-state index in [4.69, 9.17) is 4.74 Å². The largest absolute Gasteiger partial charge is 0.457 e. The highest BCUT2D eigenvalue weighted by Gasteiger charge is 2.16. The molecular formula is C13H24O2. The van der Waals surface area contributed by atoms with Gasteiger partial charge in [-0.05, 0) is 32.6 Å². The van der Waals surface area contributed by atoms with Crippen LogP contribution in [0.3, 0.4) is 0 Å². The fourth-order valence-electron chi connectivity index (χ4n) is 1.36. The number of rotatable bonds is 4. The van der Waals surface area contributed by atoms with E-state index < -0.39 is 5.60 Å². The zero-order chi connectivity index (χ0) is 12.1. The van der Waals surface area contributed by atoms with E-state index in [9.17, 15) is 4.79 Å². The summed E-state index contributed by atoms with van der Waals surface area (Å²) in [5.41, 5.74) is -0.331. The molecule has 0 aromatic heterocycles. The molecule has 15 heavy (non-hydrogen) atoms. The summed E-state index contributed by atoms with van der Waals surface area (Å²) in [7, 11) is 0. The summed E-state index contributed by atoms with van der Waals surface area (Å²) in [6.07, 6.45) is 5.67. The fourth-order valence-corrected chi connectivity index (χ4v) is 1.36. The Labute approximate surface area is 93.7 Å². The predicted octanol–water partition coefficient (Wildman–Crippen LogP) is 3.71. The molecule has 2 nitrogen and oxygen atoms in total. The van der Waals surface area contributed by atoms with E-state index in [1.165, 1.54) is 0 Å². The summed E-state index contributed by atoms with van der Waals surface area (Å²) in [6, 6.07) is 0. The molecule has 2 heteroatoms. The Morgan fingerprint density at radius 2 is 1.73 bits per heavy atom. The summed E-state index contributed by atoms with van der Waals surface area (Å²) >= 11 is 0. The van der Waals surface area contributed by atoms with Gasteiger partial charge in [-0.25, -0.2) is 4.79 Å². The Balaban J connectivity index is 4.23. The number of allylic oxidation sites excluding steroid dienone is 1. The maximum Gasteiger partial charge on any atom is 0.330 e. The van der Waals surface area contributed by atoms with Crippen LogP contribution in [0.4, 0.5) is 0 Å². The van der Waals surface area contributed by atoms with Crippen LogP contribution in [0.25, 0.3) is 0 Å². The minimum atomic E-state index is -0.406. The van der Waals surface area contributed by atoms with Gasteiger partial charge in [0, 0.05) is 6.08 Å². The fraction of sp³-hybridized carbons (Fsp3) is 0.769. The summed E-state index contributed by atoms with van der Waals surface area (Å²) in [6.45, 7) is 12.0. The van der Waals surface area contributed by atoms with Crippen molar-refractivity contribution in [3.05, 3.63) is 12.2 Å². The molecule has 0 bridgehead atoms. The van der Waals surface area contributed by atoms with Gasteiger partial charge in [0.25, 0.3) is 0 Å². The van der Waals surface area contributed by atoms with Crippen LogP contribution in [0.1, 0.15) is 54.4 Å². The highest BCUT2D eigenvalue weighted by atomic mass is 16.6. The van der Waals surface area contributed by atoms with Crippen molar-refractivity contribution in [1.29, 1.82) is 0 Å². The van der Waals surface area contributed by atoms with E-state index in [-0.39, 0.29) is 11.4 Å². The van der Waals surface area contributed by atoms with E-state index >= 15 is 0 Å². The normalized spacial score (nSPS) is 13.2. The first-order chi connectivity index (χ1) is 6.66. The number of ether oxygens (including phenoxy) is 1. The molecule has 0 aliphatic heterocycles. The van der Waals surface area contributed by atoms with E-state index in [1.807, 2.05) is 26.8 Å². The maximum absolute atomic E-state index is 11.4. The van der Waals surface area contributed by atoms with Crippen molar-refractivity contribution in [3.63, 3.8) is 0 Å². The van der Waals surface area contributed by atoms with Crippen LogP contribution in [0, 0.1) is 5.41 Å². The zero-order valence-electron chi connectivity index (χ0n) is 10.9. The number of carbonyl (C=O) groups is 1. The van der Waals surface area contributed by atoms with Gasteiger partial charge in [0.1, 0.15) is 5.60 Å². The zero-order valence-corrected chi connectivity index (χ0v) is 10.9. The van der Waals surface area contributed by atoms with E-state index in [1.54, 1.807) is 6.08 Å². The molecular weight excluding hydrogens is 188 g/mol. The van der Waals surface area contributed by atoms with Crippen molar-refractivity contribution in [2.24, 2.45) is 5.41 Å². The lowest BCUT2D eigenvalue weighted by molar-refractivity contribution is -0.148. The van der Waals surface area contributed by atoms with Crippen molar-refractivity contribution in [3.8, 4) is 0 Å². The molecule has 0 aromatic rings. The molecule has 0 radical (unpaired) electrons. The average molecular weight is 212 g/mol. The van der Waals surface area contributed by atoms with Crippen molar-refractivity contribution in [2.45, 2.75) is 60.0 Å². The minimum Gasteiger partial charge on any atom is -0.457 e. The molecule has 0 spiro atoms. The molecule has 0 aromatic carbocycles. The highest BCUT2D eigenvalue weighted by Crippen LogP contribution is 2.23. The Bertz CT molecular complexity index is 231. The van der Waals surface area contributed by atoms with Gasteiger partial charge in [-0.3, -0.25) is 0 Å². The monoisotopic (exact) mass is 212 g/mol. The van der Waals surface area contributed by atoms with Crippen molar-refractivity contribution in [1.82, 2.24) is 0 Å². The molecule has 0 atom stereocenters. The summed E-state index contributed by atoms with van der Waals surface area (Å²) in [5, 5.41) is 0. The van der Waals surface area contributed by atoms with Gasteiger partial charge >= 0.3 is 5.97 Å². The lowest BCUT2D eigenvalue weighted by Crippen LogP contribution is -2.23. The summed E-state index contributed by atoms with van der Waals surface area (Å²) < 4.78 is 5.19. The van der Waals surface area contributed by atoms with Crippen LogP contribution in [0.15, 0.2) is 12.2 Å². The van der Waals surface area contributed by atoms with Gasteiger partial charge in [-0.2, -0.15) is 0 Å². The van der Waals surface area contributed by atoms with E-state index in [2.05, 4.69) is 20.8 Å². The van der Waals surface area contributed by atoms with Crippen molar-refractivity contribution in [2.75, 3.05) is 0 Å². The topological polar surface area (TPSA) is 26.3 Å². The Kier molecular flexibility index (Phi) is 5.06. The van der Waals surface area contributed by atoms with Crippen molar-refractivity contribution < 1.29 is 9.53 Å².